The van der Waals surface area contributed by atoms with E-state index in [1.54, 1.807) is 0 Å². The summed E-state index contributed by atoms with van der Waals surface area (Å²) >= 11 is 0. The number of likely N-dealkylation sites (tertiary alicyclic amines) is 1. The molecule has 0 bridgehead atoms. The lowest BCUT2D eigenvalue weighted by atomic mass is 9.89. The van der Waals surface area contributed by atoms with Gasteiger partial charge in [-0.3, -0.25) is 4.90 Å². The molecule has 24 heavy (non-hydrogen) atoms. The second-order valence-electron chi connectivity index (χ2n) is 5.69. The van der Waals surface area contributed by atoms with E-state index in [1.165, 1.54) is 6.92 Å². The largest absolute Gasteiger partial charge is 0.465 e. The smallest absolute Gasteiger partial charge is 0.419 e. The minimum Gasteiger partial charge on any atom is -0.465 e. The van der Waals surface area contributed by atoms with Gasteiger partial charge in [0, 0.05) is 25.4 Å². The number of hydrogen-bond acceptors (Lipinski definition) is 4. The van der Waals surface area contributed by atoms with Crippen LogP contribution in [0.15, 0.2) is 12.4 Å². The number of alkyl halides is 5. The molecule has 0 radical (unpaired) electrons. The lowest BCUT2D eigenvalue weighted by molar-refractivity contribution is -0.138. The van der Waals surface area contributed by atoms with Gasteiger partial charge in [0.05, 0.1) is 18.2 Å². The number of nitrogens with zero attached hydrogens (tertiary/aromatic N) is 3. The zero-order valence-corrected chi connectivity index (χ0v) is 12.5. The fourth-order valence-corrected chi connectivity index (χ4v) is 2.63. The number of carbonyl (C=O) groups is 1. The Balaban J connectivity index is 2.05. The van der Waals surface area contributed by atoms with Gasteiger partial charge in [0.2, 0.25) is 5.95 Å². The standard InChI is InChI=1S/C13H15F5N4O2/c1-7-2-12(14,15)6-22(11(23)24)9(7)5-21-10-19-3-8(4-20-10)13(16,17)18/h3-4,7,9H,2,5-6H2,1H3,(H,23,24)(H,19,20,21). The van der Waals surface area contributed by atoms with Crippen LogP contribution in [-0.2, 0) is 6.18 Å². The van der Waals surface area contributed by atoms with Crippen molar-refractivity contribution in [2.75, 3.05) is 18.4 Å². The van der Waals surface area contributed by atoms with E-state index in [0.29, 0.717) is 17.3 Å². The molecule has 6 nitrogen and oxygen atoms in total. The average molecular weight is 354 g/mol. The molecule has 2 atom stereocenters. The highest BCUT2D eigenvalue weighted by Crippen LogP contribution is 2.34. The second-order valence-corrected chi connectivity index (χ2v) is 5.69. The van der Waals surface area contributed by atoms with Crippen LogP contribution in [0.3, 0.4) is 0 Å². The molecular weight excluding hydrogens is 339 g/mol. The van der Waals surface area contributed by atoms with E-state index in [0.717, 1.165) is 0 Å². The van der Waals surface area contributed by atoms with Crippen LogP contribution in [0.4, 0.5) is 32.7 Å². The van der Waals surface area contributed by atoms with Gasteiger partial charge in [-0.1, -0.05) is 6.92 Å². The molecule has 0 aromatic carbocycles. The van der Waals surface area contributed by atoms with Gasteiger partial charge in [0.25, 0.3) is 5.92 Å². The quantitative estimate of drug-likeness (QED) is 0.816. The van der Waals surface area contributed by atoms with Crippen LogP contribution in [0.5, 0.6) is 0 Å². The van der Waals surface area contributed by atoms with E-state index in [9.17, 15) is 26.7 Å². The third-order valence-electron chi connectivity index (χ3n) is 3.77. The summed E-state index contributed by atoms with van der Waals surface area (Å²) in [6.45, 7) is 0.477. The van der Waals surface area contributed by atoms with E-state index in [-0.39, 0.29) is 12.5 Å². The predicted molar refractivity (Wildman–Crippen MR) is 72.8 cm³/mol. The Kier molecular flexibility index (Phi) is 4.81. The summed E-state index contributed by atoms with van der Waals surface area (Å²) in [6, 6.07) is -0.770. The molecule has 1 fully saturated rings. The van der Waals surface area contributed by atoms with Crippen LogP contribution in [0.1, 0.15) is 18.9 Å². The lowest BCUT2D eigenvalue weighted by Gasteiger charge is -2.41. The van der Waals surface area contributed by atoms with Gasteiger partial charge in [-0.2, -0.15) is 13.2 Å². The number of nitrogens with one attached hydrogen (secondary N) is 1. The number of anilines is 1. The van der Waals surface area contributed by atoms with E-state index < -0.39 is 48.7 Å². The van der Waals surface area contributed by atoms with Crippen molar-refractivity contribution >= 4 is 12.0 Å². The molecule has 1 amide bonds. The molecule has 134 valence electrons. The summed E-state index contributed by atoms with van der Waals surface area (Å²) in [7, 11) is 0. The summed E-state index contributed by atoms with van der Waals surface area (Å²) in [6.07, 6.45) is -5.36. The molecule has 1 saturated heterocycles. The Hall–Kier alpha value is -2.20. The summed E-state index contributed by atoms with van der Waals surface area (Å²) in [4.78, 5) is 18.8. The number of amides is 1. The van der Waals surface area contributed by atoms with Gasteiger partial charge in [0.15, 0.2) is 0 Å². The third kappa shape index (κ3) is 4.20. The van der Waals surface area contributed by atoms with Gasteiger partial charge < -0.3 is 10.4 Å². The van der Waals surface area contributed by atoms with Crippen molar-refractivity contribution in [3.8, 4) is 0 Å². The Labute approximate surface area is 133 Å². The Bertz CT molecular complexity index is 593. The van der Waals surface area contributed by atoms with E-state index >= 15 is 0 Å². The Morgan fingerprint density at radius 2 is 2.00 bits per heavy atom. The molecule has 1 aromatic rings. The highest BCUT2D eigenvalue weighted by molar-refractivity contribution is 5.66. The van der Waals surface area contributed by atoms with Crippen LogP contribution in [0, 0.1) is 5.92 Å². The summed E-state index contributed by atoms with van der Waals surface area (Å²) in [5.74, 6) is -3.90. The van der Waals surface area contributed by atoms with E-state index in [4.69, 9.17) is 5.11 Å². The second kappa shape index (κ2) is 6.36. The average Bonchev–Trinajstić information content (AvgIpc) is 2.44. The van der Waals surface area contributed by atoms with Crippen molar-refractivity contribution in [3.63, 3.8) is 0 Å². The number of halogens is 5. The monoisotopic (exact) mass is 354 g/mol. The first-order valence-corrected chi connectivity index (χ1v) is 7.00. The molecule has 2 unspecified atom stereocenters. The number of aromatic nitrogens is 2. The van der Waals surface area contributed by atoms with Gasteiger partial charge in [0.1, 0.15) is 0 Å². The molecule has 0 saturated carbocycles. The van der Waals surface area contributed by atoms with Crippen molar-refractivity contribution in [3.05, 3.63) is 18.0 Å². The van der Waals surface area contributed by atoms with Crippen molar-refractivity contribution in [1.82, 2.24) is 14.9 Å². The summed E-state index contributed by atoms with van der Waals surface area (Å²) in [5.41, 5.74) is -1.02. The fourth-order valence-electron chi connectivity index (χ4n) is 2.63. The Morgan fingerprint density at radius 3 is 2.50 bits per heavy atom. The maximum absolute atomic E-state index is 13.5. The first-order valence-electron chi connectivity index (χ1n) is 7.00. The van der Waals surface area contributed by atoms with Crippen molar-refractivity contribution in [1.29, 1.82) is 0 Å². The van der Waals surface area contributed by atoms with Crippen molar-refractivity contribution in [2.24, 2.45) is 5.92 Å². The fraction of sp³-hybridized carbons (Fsp3) is 0.615. The molecular formula is C13H15F5N4O2. The molecule has 2 heterocycles. The van der Waals surface area contributed by atoms with Gasteiger partial charge in [-0.15, -0.1) is 0 Å². The maximum Gasteiger partial charge on any atom is 0.419 e. The molecule has 1 aliphatic heterocycles. The molecule has 2 rings (SSSR count). The third-order valence-corrected chi connectivity index (χ3v) is 3.77. The SMILES string of the molecule is CC1CC(F)(F)CN(C(=O)O)C1CNc1ncc(C(F)(F)F)cn1. The van der Waals surface area contributed by atoms with Gasteiger partial charge in [-0.05, 0) is 5.92 Å². The van der Waals surface area contributed by atoms with E-state index in [1.807, 2.05) is 0 Å². The van der Waals surface area contributed by atoms with Crippen LogP contribution >= 0.6 is 0 Å². The molecule has 0 spiro atoms. The van der Waals surface area contributed by atoms with Gasteiger partial charge >= 0.3 is 12.3 Å². The first kappa shape index (κ1) is 18.1. The highest BCUT2D eigenvalue weighted by atomic mass is 19.4. The van der Waals surface area contributed by atoms with Crippen LogP contribution < -0.4 is 5.32 Å². The van der Waals surface area contributed by atoms with Crippen LogP contribution in [0.25, 0.3) is 0 Å². The van der Waals surface area contributed by atoms with Gasteiger partial charge in [-0.25, -0.2) is 23.5 Å². The zero-order valence-electron chi connectivity index (χ0n) is 12.5. The van der Waals surface area contributed by atoms with Crippen molar-refractivity contribution < 1.29 is 31.9 Å². The molecule has 11 heteroatoms. The zero-order chi connectivity index (χ0) is 18.1. The summed E-state index contributed by atoms with van der Waals surface area (Å²) in [5, 5.41) is 11.7. The molecule has 1 aromatic heterocycles. The number of carboxylic acid groups (broad SMARTS) is 1. The summed E-state index contributed by atoms with van der Waals surface area (Å²) < 4.78 is 64.3. The molecule has 1 aliphatic rings. The highest BCUT2D eigenvalue weighted by Gasteiger charge is 2.46. The van der Waals surface area contributed by atoms with Crippen LogP contribution in [-0.4, -0.2) is 51.1 Å². The number of rotatable bonds is 3. The molecule has 0 aliphatic carbocycles. The topological polar surface area (TPSA) is 78.4 Å². The first-order chi connectivity index (χ1) is 11.0. The number of piperidine rings is 1. The maximum atomic E-state index is 13.5. The Morgan fingerprint density at radius 1 is 1.42 bits per heavy atom. The van der Waals surface area contributed by atoms with E-state index in [2.05, 4.69) is 15.3 Å². The predicted octanol–water partition coefficient (Wildman–Crippen LogP) is 2.93. The van der Waals surface area contributed by atoms with Crippen LogP contribution in [0.2, 0.25) is 0 Å². The minimum absolute atomic E-state index is 0.0884. The lowest BCUT2D eigenvalue weighted by Crippen LogP contribution is -2.57. The number of hydrogen-bond donors (Lipinski definition) is 2. The minimum atomic E-state index is -4.57. The molecule has 2 N–H and O–H groups in total. The normalized spacial score (nSPS) is 23.8. The van der Waals surface area contributed by atoms with Crippen molar-refractivity contribution in [2.45, 2.75) is 31.5 Å².